The van der Waals surface area contributed by atoms with Crippen LogP contribution in [0, 0.1) is 0 Å². The third-order valence-corrected chi connectivity index (χ3v) is 3.29. The molecule has 0 saturated carbocycles. The summed E-state index contributed by atoms with van der Waals surface area (Å²) in [6, 6.07) is 11.6. The molecule has 1 aromatic heterocycles. The molecule has 2 N–H and O–H groups in total. The van der Waals surface area contributed by atoms with Gasteiger partial charge in [0.1, 0.15) is 5.75 Å². The molecule has 2 rings (SSSR count). The molecule has 1 unspecified atom stereocenters. The van der Waals surface area contributed by atoms with Crippen LogP contribution in [0.4, 0.5) is 0 Å². The maximum atomic E-state index is 9.16. The van der Waals surface area contributed by atoms with Crippen molar-refractivity contribution in [1.82, 2.24) is 10.3 Å². The maximum absolute atomic E-state index is 9.16. The number of aromatic hydroxyl groups is 1. The number of hydrogen-bond donors (Lipinski definition) is 2. The van der Waals surface area contributed by atoms with Crippen molar-refractivity contribution in [3.63, 3.8) is 0 Å². The number of pyridine rings is 1. The van der Waals surface area contributed by atoms with Crippen molar-refractivity contribution in [3.8, 4) is 5.75 Å². The fourth-order valence-corrected chi connectivity index (χ4v) is 2.08. The van der Waals surface area contributed by atoms with Crippen molar-refractivity contribution in [3.05, 3.63) is 58.9 Å². The van der Waals surface area contributed by atoms with Crippen molar-refractivity contribution in [2.45, 2.75) is 25.9 Å². The van der Waals surface area contributed by atoms with Gasteiger partial charge in [0.15, 0.2) is 0 Å². The highest BCUT2D eigenvalue weighted by molar-refractivity contribution is 6.31. The van der Waals surface area contributed by atoms with Crippen LogP contribution >= 0.6 is 11.6 Å². The summed E-state index contributed by atoms with van der Waals surface area (Å²) >= 11 is 6.13. The molecule has 1 aromatic carbocycles. The number of aromatic nitrogens is 1. The van der Waals surface area contributed by atoms with Gasteiger partial charge in [-0.25, -0.2) is 0 Å². The Morgan fingerprint density at radius 2 is 2.05 bits per heavy atom. The van der Waals surface area contributed by atoms with Crippen LogP contribution in [0.25, 0.3) is 0 Å². The lowest BCUT2D eigenvalue weighted by Gasteiger charge is -2.14. The molecular weight excluding hydrogens is 260 g/mol. The van der Waals surface area contributed by atoms with E-state index in [1.54, 1.807) is 6.07 Å². The molecular formula is C15H17ClN2O. The zero-order valence-corrected chi connectivity index (χ0v) is 11.6. The van der Waals surface area contributed by atoms with E-state index in [0.29, 0.717) is 12.6 Å². The van der Waals surface area contributed by atoms with Gasteiger partial charge in [-0.2, -0.15) is 0 Å². The van der Waals surface area contributed by atoms with Crippen LogP contribution in [0.15, 0.2) is 42.6 Å². The standard InChI is InChI=1S/C15H17ClN2O/c1-11(8-12-4-2-3-5-15(12)16)17-9-13-6-7-14(19)10-18-13/h2-7,10-11,17,19H,8-9H2,1H3. The number of rotatable bonds is 5. The van der Waals surface area contributed by atoms with Crippen LogP contribution in [0.2, 0.25) is 5.02 Å². The van der Waals surface area contributed by atoms with Gasteiger partial charge < -0.3 is 10.4 Å². The Bertz CT molecular complexity index is 528. The Hall–Kier alpha value is -1.58. The molecule has 2 aromatic rings. The van der Waals surface area contributed by atoms with E-state index in [-0.39, 0.29) is 5.75 Å². The van der Waals surface area contributed by atoms with Crippen LogP contribution in [-0.4, -0.2) is 16.1 Å². The van der Waals surface area contributed by atoms with E-state index < -0.39 is 0 Å². The number of nitrogens with one attached hydrogen (secondary N) is 1. The highest BCUT2D eigenvalue weighted by atomic mass is 35.5. The monoisotopic (exact) mass is 276 g/mol. The molecule has 0 radical (unpaired) electrons. The van der Waals surface area contributed by atoms with Crippen LogP contribution in [0.5, 0.6) is 5.75 Å². The van der Waals surface area contributed by atoms with E-state index in [9.17, 15) is 0 Å². The van der Waals surface area contributed by atoms with Crippen molar-refractivity contribution in [1.29, 1.82) is 0 Å². The zero-order valence-electron chi connectivity index (χ0n) is 10.8. The van der Waals surface area contributed by atoms with Crippen molar-refractivity contribution in [2.24, 2.45) is 0 Å². The molecule has 0 amide bonds. The number of hydrogen-bond acceptors (Lipinski definition) is 3. The molecule has 0 fully saturated rings. The minimum absolute atomic E-state index is 0.188. The van der Waals surface area contributed by atoms with Crippen molar-refractivity contribution in [2.75, 3.05) is 0 Å². The molecule has 19 heavy (non-hydrogen) atoms. The molecule has 3 nitrogen and oxygen atoms in total. The van der Waals surface area contributed by atoms with E-state index >= 15 is 0 Å². The topological polar surface area (TPSA) is 45.1 Å². The maximum Gasteiger partial charge on any atom is 0.133 e. The van der Waals surface area contributed by atoms with E-state index in [1.807, 2.05) is 30.3 Å². The smallest absolute Gasteiger partial charge is 0.133 e. The first-order valence-electron chi connectivity index (χ1n) is 6.26. The second-order valence-corrected chi connectivity index (χ2v) is 4.99. The molecule has 0 aliphatic heterocycles. The van der Waals surface area contributed by atoms with Gasteiger partial charge >= 0.3 is 0 Å². The largest absolute Gasteiger partial charge is 0.506 e. The molecule has 0 spiro atoms. The van der Waals surface area contributed by atoms with Crippen LogP contribution < -0.4 is 5.32 Å². The van der Waals surface area contributed by atoms with Gasteiger partial charge in [0, 0.05) is 17.6 Å². The van der Waals surface area contributed by atoms with Crippen LogP contribution in [0.1, 0.15) is 18.2 Å². The summed E-state index contributed by atoms with van der Waals surface area (Å²) in [7, 11) is 0. The number of nitrogens with zero attached hydrogens (tertiary/aromatic N) is 1. The lowest BCUT2D eigenvalue weighted by atomic mass is 10.1. The molecule has 4 heteroatoms. The lowest BCUT2D eigenvalue weighted by molar-refractivity contribution is 0.471. The summed E-state index contributed by atoms with van der Waals surface area (Å²) in [5.41, 5.74) is 2.05. The Balaban J connectivity index is 1.86. The van der Waals surface area contributed by atoms with E-state index in [4.69, 9.17) is 16.7 Å². The quantitative estimate of drug-likeness (QED) is 0.882. The molecule has 0 bridgehead atoms. The third-order valence-electron chi connectivity index (χ3n) is 2.92. The highest BCUT2D eigenvalue weighted by Crippen LogP contribution is 2.16. The average Bonchev–Trinajstić information content (AvgIpc) is 2.41. The molecule has 0 saturated heterocycles. The van der Waals surface area contributed by atoms with Gasteiger partial charge in [0.25, 0.3) is 0 Å². The summed E-state index contributed by atoms with van der Waals surface area (Å²) in [4.78, 5) is 4.14. The minimum Gasteiger partial charge on any atom is -0.506 e. The first-order valence-corrected chi connectivity index (χ1v) is 6.63. The summed E-state index contributed by atoms with van der Waals surface area (Å²) in [5, 5.41) is 13.4. The van der Waals surface area contributed by atoms with Gasteiger partial charge in [-0.3, -0.25) is 4.98 Å². The van der Waals surface area contributed by atoms with Gasteiger partial charge in [-0.05, 0) is 37.1 Å². The van der Waals surface area contributed by atoms with Gasteiger partial charge in [-0.1, -0.05) is 29.8 Å². The Morgan fingerprint density at radius 1 is 1.26 bits per heavy atom. The summed E-state index contributed by atoms with van der Waals surface area (Å²) in [6.07, 6.45) is 2.33. The predicted molar refractivity (Wildman–Crippen MR) is 77.4 cm³/mol. The molecule has 100 valence electrons. The Kier molecular flexibility index (Phi) is 4.77. The number of halogens is 1. The fourth-order valence-electron chi connectivity index (χ4n) is 1.87. The second kappa shape index (κ2) is 6.55. The number of benzene rings is 1. The van der Waals surface area contributed by atoms with E-state index in [2.05, 4.69) is 17.2 Å². The van der Waals surface area contributed by atoms with Crippen molar-refractivity contribution >= 4 is 11.6 Å². The Labute approximate surface area is 118 Å². The van der Waals surface area contributed by atoms with Crippen LogP contribution in [0.3, 0.4) is 0 Å². The third kappa shape index (κ3) is 4.23. The van der Waals surface area contributed by atoms with E-state index in [0.717, 1.165) is 22.7 Å². The zero-order chi connectivity index (χ0) is 13.7. The van der Waals surface area contributed by atoms with Crippen LogP contribution in [-0.2, 0) is 13.0 Å². The fraction of sp³-hybridized carbons (Fsp3) is 0.267. The van der Waals surface area contributed by atoms with E-state index in [1.165, 1.54) is 6.20 Å². The lowest BCUT2D eigenvalue weighted by Crippen LogP contribution is -2.28. The molecule has 1 heterocycles. The van der Waals surface area contributed by atoms with Gasteiger partial charge in [-0.15, -0.1) is 0 Å². The molecule has 0 aliphatic rings. The average molecular weight is 277 g/mol. The minimum atomic E-state index is 0.188. The summed E-state index contributed by atoms with van der Waals surface area (Å²) < 4.78 is 0. The first kappa shape index (κ1) is 13.8. The summed E-state index contributed by atoms with van der Waals surface area (Å²) in [5.74, 6) is 0.188. The first-order chi connectivity index (χ1) is 9.15. The molecule has 0 aliphatic carbocycles. The molecule has 1 atom stereocenters. The van der Waals surface area contributed by atoms with Gasteiger partial charge in [0.05, 0.1) is 11.9 Å². The predicted octanol–water partition coefficient (Wildman–Crippen LogP) is 3.16. The second-order valence-electron chi connectivity index (χ2n) is 4.59. The normalized spacial score (nSPS) is 12.3. The van der Waals surface area contributed by atoms with Gasteiger partial charge in [0.2, 0.25) is 0 Å². The highest BCUT2D eigenvalue weighted by Gasteiger charge is 2.06. The van der Waals surface area contributed by atoms with Crippen molar-refractivity contribution < 1.29 is 5.11 Å². The Morgan fingerprint density at radius 3 is 2.74 bits per heavy atom. The summed E-state index contributed by atoms with van der Waals surface area (Å²) in [6.45, 7) is 2.79. The SMILES string of the molecule is CC(Cc1ccccc1Cl)NCc1ccc(O)cn1.